The zero-order valence-corrected chi connectivity index (χ0v) is 5.44. The van der Waals surface area contributed by atoms with E-state index in [2.05, 4.69) is 29.7 Å². The van der Waals surface area contributed by atoms with Crippen LogP contribution >= 0.6 is 0 Å². The summed E-state index contributed by atoms with van der Waals surface area (Å²) in [5.41, 5.74) is 6.18. The molecule has 2 N–H and O–H groups in total. The summed E-state index contributed by atoms with van der Waals surface area (Å²) in [5, 5.41) is 0. The molecule has 1 aliphatic rings. The van der Waals surface area contributed by atoms with Crippen LogP contribution in [0.5, 0.6) is 0 Å². The van der Waals surface area contributed by atoms with Gasteiger partial charge in [-0.15, -0.1) is 0 Å². The number of nitrogens with one attached hydrogen (secondary N) is 2. The van der Waals surface area contributed by atoms with Gasteiger partial charge in [-0.05, 0) is 14.0 Å². The first kappa shape index (κ1) is 6.01. The van der Waals surface area contributed by atoms with Gasteiger partial charge in [-0.25, -0.2) is 5.43 Å². The number of rotatable bonds is 0. The summed E-state index contributed by atoms with van der Waals surface area (Å²) in [6.45, 7) is 4.24. The maximum Gasteiger partial charge on any atom is 0.0613 e. The molecule has 3 heteroatoms. The van der Waals surface area contributed by atoms with Gasteiger partial charge in [0.25, 0.3) is 0 Å². The van der Waals surface area contributed by atoms with Crippen LogP contribution in [-0.4, -0.2) is 31.2 Å². The van der Waals surface area contributed by atoms with Gasteiger partial charge in [-0.1, -0.05) is 0 Å². The van der Waals surface area contributed by atoms with E-state index in [4.69, 9.17) is 0 Å². The largest absolute Gasteiger partial charge is 0.291 e. The Labute approximate surface area is 50.0 Å². The predicted octanol–water partition coefficient (Wildman–Crippen LogP) is -0.628. The zero-order valence-electron chi connectivity index (χ0n) is 5.44. The first-order valence-electron chi connectivity index (χ1n) is 2.96. The van der Waals surface area contributed by atoms with Gasteiger partial charge >= 0.3 is 0 Å². The molecule has 3 nitrogen and oxygen atoms in total. The lowest BCUT2D eigenvalue weighted by Crippen LogP contribution is -2.55. The van der Waals surface area contributed by atoms with Gasteiger partial charge in [0, 0.05) is 12.6 Å². The Balaban J connectivity index is 2.23. The molecule has 8 heavy (non-hydrogen) atoms. The van der Waals surface area contributed by atoms with Crippen molar-refractivity contribution in [3.8, 4) is 0 Å². The molecule has 0 aliphatic carbocycles. The van der Waals surface area contributed by atoms with E-state index in [0.29, 0.717) is 6.04 Å². The number of hydrogen-bond donors (Lipinski definition) is 2. The van der Waals surface area contributed by atoms with Gasteiger partial charge in [-0.2, -0.15) is 0 Å². The van der Waals surface area contributed by atoms with Crippen LogP contribution in [0.3, 0.4) is 0 Å². The van der Waals surface area contributed by atoms with Crippen LogP contribution in [0.15, 0.2) is 0 Å². The fourth-order valence-corrected chi connectivity index (χ4v) is 0.933. The van der Waals surface area contributed by atoms with Crippen molar-refractivity contribution in [1.82, 2.24) is 15.8 Å². The number of hydrogen-bond acceptors (Lipinski definition) is 3. The predicted molar refractivity (Wildman–Crippen MR) is 33.2 cm³/mol. The average molecular weight is 115 g/mol. The molecule has 0 aromatic rings. The summed E-state index contributed by atoms with van der Waals surface area (Å²) in [5.74, 6) is 0. The molecule has 0 aromatic heterocycles. The summed E-state index contributed by atoms with van der Waals surface area (Å²) in [7, 11) is 2.10. The highest BCUT2D eigenvalue weighted by atomic mass is 15.5. The van der Waals surface area contributed by atoms with E-state index in [1.165, 1.54) is 0 Å². The first-order valence-corrected chi connectivity index (χ1v) is 2.96. The number of nitrogens with zero attached hydrogens (tertiary/aromatic N) is 1. The molecule has 0 radical (unpaired) electrons. The highest BCUT2D eigenvalue weighted by Gasteiger charge is 2.09. The van der Waals surface area contributed by atoms with Crippen molar-refractivity contribution in [3.05, 3.63) is 0 Å². The Morgan fingerprint density at radius 2 is 2.38 bits per heavy atom. The molecule has 0 aromatic carbocycles. The third-order valence-corrected chi connectivity index (χ3v) is 1.28. The molecule has 1 saturated heterocycles. The van der Waals surface area contributed by atoms with Gasteiger partial charge in [0.1, 0.15) is 0 Å². The van der Waals surface area contributed by atoms with Gasteiger partial charge in [0.15, 0.2) is 0 Å². The summed E-state index contributed by atoms with van der Waals surface area (Å²) in [6.07, 6.45) is 0. The fourth-order valence-electron chi connectivity index (χ4n) is 0.933. The third kappa shape index (κ3) is 1.43. The molecule has 1 rings (SSSR count). The average Bonchev–Trinajstić information content (AvgIpc) is 1.64. The normalized spacial score (nSPS) is 33.0. The standard InChI is InChI=1S/C5H13N3/c1-5-3-8(2)4-6-7-5/h5-7H,3-4H2,1-2H3. The monoisotopic (exact) mass is 115 g/mol. The number of hydrazine groups is 1. The van der Waals surface area contributed by atoms with E-state index < -0.39 is 0 Å². The molecule has 1 heterocycles. The van der Waals surface area contributed by atoms with Crippen LogP contribution in [0.25, 0.3) is 0 Å². The molecule has 48 valence electrons. The van der Waals surface area contributed by atoms with E-state index in [1.54, 1.807) is 0 Å². The summed E-state index contributed by atoms with van der Waals surface area (Å²) >= 11 is 0. The van der Waals surface area contributed by atoms with Gasteiger partial charge in [0.2, 0.25) is 0 Å². The maximum absolute atomic E-state index is 3.12. The van der Waals surface area contributed by atoms with E-state index in [-0.39, 0.29) is 0 Å². The quantitative estimate of drug-likeness (QED) is 0.440. The van der Waals surface area contributed by atoms with Crippen molar-refractivity contribution < 1.29 is 0 Å². The van der Waals surface area contributed by atoms with Crippen molar-refractivity contribution in [2.24, 2.45) is 0 Å². The number of likely N-dealkylation sites (N-methyl/N-ethyl adjacent to an activating group) is 1. The van der Waals surface area contributed by atoms with Crippen molar-refractivity contribution in [3.63, 3.8) is 0 Å². The van der Waals surface area contributed by atoms with Crippen LogP contribution < -0.4 is 10.9 Å². The minimum absolute atomic E-state index is 0.578. The van der Waals surface area contributed by atoms with Crippen LogP contribution in [0.1, 0.15) is 6.92 Å². The van der Waals surface area contributed by atoms with Crippen molar-refractivity contribution in [2.75, 3.05) is 20.3 Å². The van der Waals surface area contributed by atoms with Crippen molar-refractivity contribution in [1.29, 1.82) is 0 Å². The minimum atomic E-state index is 0.578. The van der Waals surface area contributed by atoms with Crippen LogP contribution in [-0.2, 0) is 0 Å². The Morgan fingerprint density at radius 3 is 2.75 bits per heavy atom. The molecule has 1 aliphatic heterocycles. The Kier molecular flexibility index (Phi) is 1.83. The zero-order chi connectivity index (χ0) is 5.98. The Morgan fingerprint density at radius 1 is 1.62 bits per heavy atom. The van der Waals surface area contributed by atoms with Crippen molar-refractivity contribution >= 4 is 0 Å². The third-order valence-electron chi connectivity index (χ3n) is 1.28. The minimum Gasteiger partial charge on any atom is -0.291 e. The Hall–Kier alpha value is -0.120. The van der Waals surface area contributed by atoms with Crippen LogP contribution in [0, 0.1) is 0 Å². The SMILES string of the molecule is CC1CN(C)CNN1. The molecular formula is C5H13N3. The van der Waals surface area contributed by atoms with E-state index in [0.717, 1.165) is 13.2 Å². The summed E-state index contributed by atoms with van der Waals surface area (Å²) in [4.78, 5) is 2.24. The van der Waals surface area contributed by atoms with E-state index >= 15 is 0 Å². The molecule has 1 atom stereocenters. The van der Waals surface area contributed by atoms with E-state index in [9.17, 15) is 0 Å². The van der Waals surface area contributed by atoms with E-state index in [1.807, 2.05) is 0 Å². The lowest BCUT2D eigenvalue weighted by atomic mass is 10.3. The second kappa shape index (κ2) is 2.44. The highest BCUT2D eigenvalue weighted by molar-refractivity contribution is 4.66. The second-order valence-electron chi connectivity index (χ2n) is 2.42. The van der Waals surface area contributed by atoms with Gasteiger partial charge in [0.05, 0.1) is 6.67 Å². The highest BCUT2D eigenvalue weighted by Crippen LogP contribution is 1.88. The van der Waals surface area contributed by atoms with Crippen LogP contribution in [0.4, 0.5) is 0 Å². The lowest BCUT2D eigenvalue weighted by Gasteiger charge is -2.28. The fraction of sp³-hybridized carbons (Fsp3) is 1.00. The first-order chi connectivity index (χ1) is 3.79. The molecule has 0 bridgehead atoms. The molecule has 1 fully saturated rings. The summed E-state index contributed by atoms with van der Waals surface area (Å²) in [6, 6.07) is 0.578. The second-order valence-corrected chi connectivity index (χ2v) is 2.42. The lowest BCUT2D eigenvalue weighted by molar-refractivity contribution is 0.193. The summed E-state index contributed by atoms with van der Waals surface area (Å²) < 4.78 is 0. The Bertz CT molecular complexity index is 66.1. The van der Waals surface area contributed by atoms with Crippen molar-refractivity contribution in [2.45, 2.75) is 13.0 Å². The smallest absolute Gasteiger partial charge is 0.0613 e. The molecule has 0 saturated carbocycles. The molecule has 1 unspecified atom stereocenters. The topological polar surface area (TPSA) is 27.3 Å². The molecule has 0 spiro atoms. The molecule has 0 amide bonds. The van der Waals surface area contributed by atoms with Gasteiger partial charge in [-0.3, -0.25) is 10.3 Å². The molecular weight excluding hydrogens is 102 g/mol. The van der Waals surface area contributed by atoms with Crippen LogP contribution in [0.2, 0.25) is 0 Å². The maximum atomic E-state index is 3.12. The van der Waals surface area contributed by atoms with Gasteiger partial charge < -0.3 is 0 Å².